The number of phenolic OH excluding ortho intramolecular Hbond substituents is 7. The summed E-state index contributed by atoms with van der Waals surface area (Å²) in [7, 11) is 0. The molecule has 0 spiro atoms. The lowest BCUT2D eigenvalue weighted by molar-refractivity contribution is -0.364. The number of aromatic hydroxyl groups is 8. The van der Waals surface area contributed by atoms with Gasteiger partial charge >= 0.3 is 11.9 Å². The maximum absolute atomic E-state index is 13.0. The van der Waals surface area contributed by atoms with E-state index < -0.39 is 170 Å². The second-order valence-corrected chi connectivity index (χ2v) is 18.2. The van der Waals surface area contributed by atoms with Gasteiger partial charge in [0.25, 0.3) is 11.9 Å². The number of carbonyl (C=O) groups is 2. The van der Waals surface area contributed by atoms with Crippen LogP contribution in [0.2, 0.25) is 0 Å². The second-order valence-electron chi connectivity index (χ2n) is 18.2. The van der Waals surface area contributed by atoms with Crippen molar-refractivity contribution in [1.29, 1.82) is 0 Å². The molecule has 27 heteroatoms. The van der Waals surface area contributed by atoms with Gasteiger partial charge in [0.05, 0.1) is 18.2 Å². The van der Waals surface area contributed by atoms with Crippen molar-refractivity contribution < 1.29 is 134 Å². The first-order valence-electron chi connectivity index (χ1n) is 23.7. The van der Waals surface area contributed by atoms with Crippen LogP contribution >= 0.6 is 0 Å². The Bertz CT molecular complexity index is 2890. The Kier molecular flexibility index (Phi) is 17.5. The topological polar surface area (TPSA) is 444 Å². The van der Waals surface area contributed by atoms with E-state index in [1.807, 2.05) is 0 Å². The molecule has 4 aliphatic rings. The molecule has 0 bridgehead atoms. The molecule has 0 aliphatic carbocycles. The highest BCUT2D eigenvalue weighted by molar-refractivity contribution is 5.87. The average Bonchev–Trinajstić information content (AvgIpc) is 3.48. The first kappa shape index (κ1) is 56.7. The van der Waals surface area contributed by atoms with Crippen LogP contribution in [0.3, 0.4) is 0 Å². The van der Waals surface area contributed by atoms with Crippen LogP contribution in [0.15, 0.2) is 84.6 Å². The van der Waals surface area contributed by atoms with Crippen LogP contribution in [0, 0.1) is 0 Å². The van der Waals surface area contributed by atoms with E-state index >= 15 is 0 Å². The Morgan fingerprint density at radius 3 is 1.58 bits per heavy atom. The number of hydrogen-bond acceptors (Lipinski definition) is 26. The Morgan fingerprint density at radius 1 is 0.526 bits per heavy atom. The fourth-order valence-electron chi connectivity index (χ4n) is 8.49. The van der Waals surface area contributed by atoms with Crippen molar-refractivity contribution in [2.24, 2.45) is 0 Å². The molecule has 4 aromatic carbocycles. The minimum Gasteiger partial charge on any atom is -0.571 e. The zero-order valence-electron chi connectivity index (χ0n) is 40.3. The molecule has 420 valence electrons. The summed E-state index contributed by atoms with van der Waals surface area (Å²) < 4.78 is 51.0. The fraction of sp³-hybridized carbons (Fsp3) is 0.373. The van der Waals surface area contributed by atoms with E-state index in [-0.39, 0.29) is 39.5 Å². The van der Waals surface area contributed by atoms with Gasteiger partial charge in [0.2, 0.25) is 12.6 Å². The Balaban J connectivity index is 1.11. The van der Waals surface area contributed by atoms with E-state index in [1.165, 1.54) is 42.5 Å². The Morgan fingerprint density at radius 2 is 1.03 bits per heavy atom. The molecule has 8 rings (SSSR count). The van der Waals surface area contributed by atoms with Gasteiger partial charge in [-0.05, 0) is 65.7 Å². The largest absolute Gasteiger partial charge is 0.571 e. The smallest absolute Gasteiger partial charge is 0.330 e. The van der Waals surface area contributed by atoms with E-state index in [2.05, 4.69) is 4.74 Å². The molecule has 4 aliphatic heterocycles. The van der Waals surface area contributed by atoms with Crippen LogP contribution in [-0.4, -0.2) is 210 Å². The molecule has 0 aromatic heterocycles. The third-order valence-electron chi connectivity index (χ3n) is 12.8. The van der Waals surface area contributed by atoms with Crippen LogP contribution in [0.5, 0.6) is 51.7 Å². The number of aliphatic hydroxyl groups is 10. The maximum Gasteiger partial charge on any atom is 0.330 e. The molecule has 78 heavy (non-hydrogen) atoms. The zero-order valence-corrected chi connectivity index (χ0v) is 40.3. The number of fused-ring (bicyclic) bond motifs is 1. The standard InChI is InChI=1S/C51H54O27/c52-17-34-39(62)42(65)45(68)49(75-34)73-32-15-23(53)14-31-24(32)16-33(47(72-31)22-5-8-27(56)30(59)13-22)74-51-48(44(67)41(64)36(77-51)19-71-38(61)10-4-21-2-7-26(55)29(58)12-21)78-50-46(69)43(66)40(63)35(76-50)18-70-37(60)9-3-20-1-6-25(54)28(57)11-20/h1-16,34-36,39-59,62-69H,17-19H2/p+1/b9-3+,10-4+/t34-,35-,36-,39-,40-,41-,42+,43+,44+,45-,46-,47?,48-,49-,50+,51-/m1/s1. The van der Waals surface area contributed by atoms with Gasteiger partial charge in [0, 0.05) is 24.3 Å². The average molecular weight is 1100 g/mol. The molecular formula is C51H55O27+. The highest BCUT2D eigenvalue weighted by atomic mass is 16.8. The van der Waals surface area contributed by atoms with Gasteiger partial charge in [-0.15, -0.1) is 0 Å². The van der Waals surface area contributed by atoms with Gasteiger partial charge < -0.3 is 124 Å². The van der Waals surface area contributed by atoms with Crippen molar-refractivity contribution in [1.82, 2.24) is 0 Å². The van der Waals surface area contributed by atoms with E-state index in [0.717, 1.165) is 54.6 Å². The number of phenols is 7. The second kappa shape index (κ2) is 24.0. The van der Waals surface area contributed by atoms with Gasteiger partial charge in [0.15, 0.2) is 52.7 Å². The van der Waals surface area contributed by atoms with Gasteiger partial charge in [-0.1, -0.05) is 12.1 Å². The van der Waals surface area contributed by atoms with Crippen molar-refractivity contribution >= 4 is 30.2 Å². The van der Waals surface area contributed by atoms with Crippen LogP contribution in [0.1, 0.15) is 28.4 Å². The molecule has 1 unspecified atom stereocenters. The number of benzene rings is 4. The third-order valence-corrected chi connectivity index (χ3v) is 12.8. The van der Waals surface area contributed by atoms with Gasteiger partial charge in [0.1, 0.15) is 97.4 Å². The van der Waals surface area contributed by atoms with E-state index in [0.29, 0.717) is 0 Å². The molecular weight excluding hydrogens is 1040 g/mol. The summed E-state index contributed by atoms with van der Waals surface area (Å²) in [6.07, 6.45) is -24.7. The van der Waals surface area contributed by atoms with E-state index in [4.69, 9.17) is 37.9 Å². The molecule has 0 amide bonds. The first-order chi connectivity index (χ1) is 37.1. The molecule has 3 fully saturated rings. The molecule has 0 saturated carbocycles. The normalized spacial score (nSPS) is 31.0. The summed E-state index contributed by atoms with van der Waals surface area (Å²) in [5, 5.41) is 169. The van der Waals surface area contributed by atoms with Gasteiger partial charge in [-0.2, -0.15) is 0 Å². The summed E-state index contributed by atoms with van der Waals surface area (Å²) in [6, 6.07) is 13.0. The van der Waals surface area contributed by atoms with Crippen LogP contribution < -0.4 is 4.74 Å². The number of rotatable bonds is 16. The van der Waals surface area contributed by atoms with Crippen LogP contribution in [0.25, 0.3) is 18.2 Å². The number of carbonyl (C=O) groups excluding carboxylic acids is 2. The predicted octanol–water partition coefficient (Wildman–Crippen LogP) is -1.69. The SMILES string of the molecule is O=C(/C=C/c1ccc(O)c(O)c1)OC[C@H]1O[C@@H](O[C@H]2[C@H](OC3=Cc4c(O[C@@H]5O[C@H](CO)[C@@H](O)[C@H](O)[C@H]5O)cc(O)cc4[OH+]C3c3ccc(O)c(O)c3)O[C@H](COC(=O)/C=C/c3ccc(O)c(O)c3)[C@@H](O)[C@@H]2O)[C@H](O)[C@@H](O)[C@@H]1O. The summed E-state index contributed by atoms with van der Waals surface area (Å²) in [4.78, 5) is 25.7. The Hall–Kier alpha value is -7.48. The number of esters is 2. The summed E-state index contributed by atoms with van der Waals surface area (Å²) in [5.74, 6) is -6.25. The lowest BCUT2D eigenvalue weighted by atomic mass is 9.97. The number of ether oxygens (including phenoxy) is 9. The van der Waals surface area contributed by atoms with Crippen molar-refractivity contribution in [3.05, 3.63) is 107 Å². The van der Waals surface area contributed by atoms with Crippen molar-refractivity contribution in [2.45, 2.75) is 98.2 Å². The molecule has 4 heterocycles. The summed E-state index contributed by atoms with van der Waals surface area (Å²) in [5.41, 5.74) is 0.543. The van der Waals surface area contributed by atoms with Crippen LogP contribution in [-0.2, 0) is 42.7 Å². The molecule has 16 atom stereocenters. The lowest BCUT2D eigenvalue weighted by Gasteiger charge is -2.46. The lowest BCUT2D eigenvalue weighted by Crippen LogP contribution is -2.64. The predicted molar refractivity (Wildman–Crippen MR) is 257 cm³/mol. The minimum absolute atomic E-state index is 0.0660. The van der Waals surface area contributed by atoms with E-state index in [1.54, 1.807) is 0 Å². The molecule has 27 nitrogen and oxygen atoms in total. The maximum atomic E-state index is 13.0. The highest BCUT2D eigenvalue weighted by Gasteiger charge is 2.53. The third kappa shape index (κ3) is 12.6. The molecule has 17 N–H and O–H groups in total. The highest BCUT2D eigenvalue weighted by Crippen LogP contribution is 2.48. The van der Waals surface area contributed by atoms with E-state index in [9.17, 15) is 91.3 Å². The monoisotopic (exact) mass is 1100 g/mol. The summed E-state index contributed by atoms with van der Waals surface area (Å²) in [6.45, 7) is -2.44. The van der Waals surface area contributed by atoms with Crippen molar-refractivity contribution in [3.63, 3.8) is 0 Å². The zero-order chi connectivity index (χ0) is 56.3. The Labute approximate surface area is 439 Å². The number of aliphatic hydroxyl groups excluding tert-OH is 9. The quantitative estimate of drug-likeness (QED) is 0.0258. The fourth-order valence-corrected chi connectivity index (χ4v) is 8.49. The van der Waals surface area contributed by atoms with Crippen LogP contribution in [0.4, 0.5) is 0 Å². The first-order valence-corrected chi connectivity index (χ1v) is 23.7. The van der Waals surface area contributed by atoms with Crippen molar-refractivity contribution in [2.75, 3.05) is 19.8 Å². The number of hydrogen-bond donors (Lipinski definition) is 16. The minimum atomic E-state index is -2.17. The van der Waals surface area contributed by atoms with Crippen molar-refractivity contribution in [3.8, 4) is 51.7 Å². The summed E-state index contributed by atoms with van der Waals surface area (Å²) >= 11 is 0. The molecule has 4 aromatic rings. The van der Waals surface area contributed by atoms with Gasteiger partial charge in [-0.3, -0.25) is 0 Å². The molecule has 0 radical (unpaired) electrons. The van der Waals surface area contributed by atoms with Gasteiger partial charge in [-0.25, -0.2) is 9.59 Å². The molecule has 3 saturated heterocycles.